The molecule has 1 N–H and O–H groups in total. The van der Waals surface area contributed by atoms with Gasteiger partial charge in [0.2, 0.25) is 0 Å². The van der Waals surface area contributed by atoms with Crippen LogP contribution in [0.5, 0.6) is 11.5 Å². The first kappa shape index (κ1) is 15.4. The lowest BCUT2D eigenvalue weighted by molar-refractivity contribution is -0.0514. The number of aliphatic hydroxyl groups is 1. The highest BCUT2D eigenvalue weighted by Gasteiger charge is 2.11. The van der Waals surface area contributed by atoms with Crippen LogP contribution in [0.4, 0.5) is 8.78 Å². The number of aliphatic hydroxyl groups excluding tert-OH is 1. The Morgan fingerprint density at radius 3 is 2.58 bits per heavy atom. The minimum absolute atomic E-state index is 0.0102. The average Bonchev–Trinajstić information content (AvgIpc) is 2.38. The number of hydrogen-bond donors (Lipinski definition) is 1. The van der Waals surface area contributed by atoms with Gasteiger partial charge in [-0.05, 0) is 36.6 Å². The minimum Gasteiger partial charge on any atom is -0.490 e. The van der Waals surface area contributed by atoms with E-state index in [4.69, 9.17) is 9.84 Å². The SMILES string of the molecule is CCOc1cc(C=C(CC)CO)ccc1OC(F)F. The van der Waals surface area contributed by atoms with E-state index in [0.717, 1.165) is 17.6 Å². The van der Waals surface area contributed by atoms with Crippen molar-refractivity contribution >= 4 is 6.08 Å². The third-order valence-electron chi connectivity index (χ3n) is 2.51. The first-order valence-electron chi connectivity index (χ1n) is 6.12. The second kappa shape index (κ2) is 7.74. The van der Waals surface area contributed by atoms with Crippen LogP contribution in [0, 0.1) is 0 Å². The predicted octanol–water partition coefficient (Wildman–Crippen LogP) is 3.47. The summed E-state index contributed by atoms with van der Waals surface area (Å²) in [5.74, 6) is 0.279. The molecule has 1 aromatic rings. The fourth-order valence-corrected chi connectivity index (χ4v) is 1.57. The Bertz CT molecular complexity index is 425. The number of hydrogen-bond acceptors (Lipinski definition) is 3. The van der Waals surface area contributed by atoms with Crippen molar-refractivity contribution in [2.75, 3.05) is 13.2 Å². The lowest BCUT2D eigenvalue weighted by Gasteiger charge is -2.12. The molecule has 3 nitrogen and oxygen atoms in total. The van der Waals surface area contributed by atoms with Gasteiger partial charge in [0.25, 0.3) is 0 Å². The highest BCUT2D eigenvalue weighted by Crippen LogP contribution is 2.30. The zero-order valence-corrected chi connectivity index (χ0v) is 11.0. The van der Waals surface area contributed by atoms with Crippen LogP contribution in [0.2, 0.25) is 0 Å². The van der Waals surface area contributed by atoms with Crippen molar-refractivity contribution in [1.82, 2.24) is 0 Å². The summed E-state index contributed by atoms with van der Waals surface area (Å²) in [6, 6.07) is 4.70. The number of benzene rings is 1. The molecule has 0 spiro atoms. The highest BCUT2D eigenvalue weighted by molar-refractivity contribution is 5.58. The zero-order valence-electron chi connectivity index (χ0n) is 11.0. The fraction of sp³-hybridized carbons (Fsp3) is 0.429. The Morgan fingerprint density at radius 2 is 2.05 bits per heavy atom. The first-order valence-corrected chi connectivity index (χ1v) is 6.12. The molecule has 19 heavy (non-hydrogen) atoms. The summed E-state index contributed by atoms with van der Waals surface area (Å²) in [5.41, 5.74) is 1.63. The molecule has 0 amide bonds. The Hall–Kier alpha value is -1.62. The summed E-state index contributed by atoms with van der Waals surface area (Å²) in [4.78, 5) is 0. The van der Waals surface area contributed by atoms with Crippen molar-refractivity contribution in [3.8, 4) is 11.5 Å². The Balaban J connectivity index is 3.04. The van der Waals surface area contributed by atoms with E-state index in [1.54, 1.807) is 25.1 Å². The largest absolute Gasteiger partial charge is 0.490 e. The standard InChI is InChI=1S/C14H18F2O3/c1-3-10(9-17)7-11-5-6-12(19-14(15)16)13(8-11)18-4-2/h5-8,14,17H,3-4,9H2,1-2H3. The topological polar surface area (TPSA) is 38.7 Å². The van der Waals surface area contributed by atoms with Gasteiger partial charge in [0.05, 0.1) is 13.2 Å². The molecule has 0 heterocycles. The van der Waals surface area contributed by atoms with E-state index in [2.05, 4.69) is 4.74 Å². The Kier molecular flexibility index (Phi) is 6.29. The molecule has 0 saturated carbocycles. The van der Waals surface area contributed by atoms with Gasteiger partial charge in [-0.25, -0.2) is 0 Å². The van der Waals surface area contributed by atoms with E-state index in [-0.39, 0.29) is 18.1 Å². The maximum absolute atomic E-state index is 12.2. The fourth-order valence-electron chi connectivity index (χ4n) is 1.57. The molecule has 106 valence electrons. The molecule has 0 unspecified atom stereocenters. The van der Waals surface area contributed by atoms with Crippen LogP contribution in [0.25, 0.3) is 6.08 Å². The van der Waals surface area contributed by atoms with Crippen LogP contribution in [0.1, 0.15) is 25.8 Å². The molecule has 0 radical (unpaired) electrons. The Labute approximate surface area is 111 Å². The summed E-state index contributed by atoms with van der Waals surface area (Å²) >= 11 is 0. The zero-order chi connectivity index (χ0) is 14.3. The quantitative estimate of drug-likeness (QED) is 0.826. The second-order valence-corrected chi connectivity index (χ2v) is 3.83. The lowest BCUT2D eigenvalue weighted by Crippen LogP contribution is -2.04. The van der Waals surface area contributed by atoms with E-state index in [0.29, 0.717) is 6.61 Å². The van der Waals surface area contributed by atoms with Crippen molar-refractivity contribution in [3.63, 3.8) is 0 Å². The van der Waals surface area contributed by atoms with Crippen molar-refractivity contribution in [3.05, 3.63) is 29.3 Å². The van der Waals surface area contributed by atoms with Crippen molar-refractivity contribution in [2.45, 2.75) is 26.9 Å². The molecule has 0 aliphatic carbocycles. The molecule has 0 aromatic heterocycles. The molecule has 0 fully saturated rings. The van der Waals surface area contributed by atoms with E-state index in [1.165, 1.54) is 6.07 Å². The van der Waals surface area contributed by atoms with Crippen molar-refractivity contribution in [2.24, 2.45) is 0 Å². The summed E-state index contributed by atoms with van der Waals surface area (Å²) in [5, 5.41) is 9.11. The molecule has 0 aliphatic heterocycles. The Morgan fingerprint density at radius 1 is 1.32 bits per heavy atom. The van der Waals surface area contributed by atoms with E-state index in [1.807, 2.05) is 6.92 Å². The van der Waals surface area contributed by atoms with Gasteiger partial charge in [0, 0.05) is 0 Å². The highest BCUT2D eigenvalue weighted by atomic mass is 19.3. The third-order valence-corrected chi connectivity index (χ3v) is 2.51. The predicted molar refractivity (Wildman–Crippen MR) is 69.6 cm³/mol. The normalized spacial score (nSPS) is 11.8. The minimum atomic E-state index is -2.88. The molecule has 0 saturated heterocycles. The van der Waals surface area contributed by atoms with Crippen LogP contribution in [0.15, 0.2) is 23.8 Å². The van der Waals surface area contributed by atoms with Gasteiger partial charge in [-0.3, -0.25) is 0 Å². The molecule has 0 aliphatic rings. The molecule has 5 heteroatoms. The van der Waals surface area contributed by atoms with E-state index in [9.17, 15) is 8.78 Å². The van der Waals surface area contributed by atoms with Crippen LogP contribution >= 0.6 is 0 Å². The van der Waals surface area contributed by atoms with Gasteiger partial charge >= 0.3 is 6.61 Å². The average molecular weight is 272 g/mol. The van der Waals surface area contributed by atoms with Crippen LogP contribution in [0.3, 0.4) is 0 Å². The lowest BCUT2D eigenvalue weighted by atomic mass is 10.1. The van der Waals surface area contributed by atoms with Crippen LogP contribution < -0.4 is 9.47 Å². The summed E-state index contributed by atoms with van der Waals surface area (Å²) in [6.07, 6.45) is 2.52. The van der Waals surface area contributed by atoms with Gasteiger partial charge in [-0.15, -0.1) is 0 Å². The van der Waals surface area contributed by atoms with E-state index >= 15 is 0 Å². The molecule has 0 atom stereocenters. The van der Waals surface area contributed by atoms with Gasteiger partial charge in [-0.2, -0.15) is 8.78 Å². The number of alkyl halides is 2. The van der Waals surface area contributed by atoms with E-state index < -0.39 is 6.61 Å². The summed E-state index contributed by atoms with van der Waals surface area (Å²) in [6.45, 7) is 1.13. The molecule has 0 bridgehead atoms. The van der Waals surface area contributed by atoms with Gasteiger partial charge in [0.15, 0.2) is 11.5 Å². The second-order valence-electron chi connectivity index (χ2n) is 3.83. The number of rotatable bonds is 7. The molecular formula is C14H18F2O3. The summed E-state index contributed by atoms with van der Waals surface area (Å²) < 4.78 is 34.1. The summed E-state index contributed by atoms with van der Waals surface area (Å²) in [7, 11) is 0. The van der Waals surface area contributed by atoms with Crippen molar-refractivity contribution in [1.29, 1.82) is 0 Å². The van der Waals surface area contributed by atoms with Gasteiger partial charge < -0.3 is 14.6 Å². The van der Waals surface area contributed by atoms with Gasteiger partial charge in [-0.1, -0.05) is 19.1 Å². The van der Waals surface area contributed by atoms with Crippen LogP contribution in [-0.4, -0.2) is 24.9 Å². The van der Waals surface area contributed by atoms with Crippen molar-refractivity contribution < 1.29 is 23.4 Å². The van der Waals surface area contributed by atoms with Crippen LogP contribution in [-0.2, 0) is 0 Å². The molecule has 1 rings (SSSR count). The molecule has 1 aromatic carbocycles. The smallest absolute Gasteiger partial charge is 0.387 e. The number of ether oxygens (including phenoxy) is 2. The maximum atomic E-state index is 12.2. The third kappa shape index (κ3) is 4.87. The van der Waals surface area contributed by atoms with Gasteiger partial charge in [0.1, 0.15) is 0 Å². The monoisotopic (exact) mass is 272 g/mol. The first-order chi connectivity index (χ1) is 9.10. The molecular weight excluding hydrogens is 254 g/mol. The maximum Gasteiger partial charge on any atom is 0.387 e. The number of halogens is 2.